The van der Waals surface area contributed by atoms with Gasteiger partial charge in [-0.15, -0.1) is 0 Å². The van der Waals surface area contributed by atoms with Crippen LogP contribution in [0, 0.1) is 0 Å². The van der Waals surface area contributed by atoms with Crippen LogP contribution < -0.4 is 0 Å². The zero-order chi connectivity index (χ0) is 13.8. The Labute approximate surface area is 102 Å². The van der Waals surface area contributed by atoms with E-state index in [0.29, 0.717) is 0 Å². The van der Waals surface area contributed by atoms with E-state index < -0.39 is 17.9 Å². The minimum atomic E-state index is -4.51. The van der Waals surface area contributed by atoms with E-state index in [9.17, 15) is 18.0 Å². The van der Waals surface area contributed by atoms with Crippen molar-refractivity contribution in [2.75, 3.05) is 6.61 Å². The fourth-order valence-electron chi connectivity index (χ4n) is 1.20. The third-order valence-electron chi connectivity index (χ3n) is 2.10. The lowest BCUT2D eigenvalue weighted by Gasteiger charge is -2.08. The van der Waals surface area contributed by atoms with Gasteiger partial charge in [0.1, 0.15) is 5.71 Å². The van der Waals surface area contributed by atoms with Crippen LogP contribution in [0.5, 0.6) is 0 Å². The Morgan fingerprint density at radius 2 is 1.94 bits per heavy atom. The first-order valence-electron chi connectivity index (χ1n) is 5.25. The maximum atomic E-state index is 12.4. The molecule has 0 saturated heterocycles. The molecule has 0 N–H and O–H groups in total. The van der Waals surface area contributed by atoms with Gasteiger partial charge < -0.3 is 4.74 Å². The summed E-state index contributed by atoms with van der Waals surface area (Å²) in [7, 11) is 0. The quantitative estimate of drug-likeness (QED) is 0.615. The van der Waals surface area contributed by atoms with Crippen LogP contribution in [-0.4, -0.2) is 24.5 Å². The largest absolute Gasteiger partial charge is 0.462 e. The highest BCUT2D eigenvalue weighted by atomic mass is 19.4. The Bertz CT molecular complexity index is 467. The van der Waals surface area contributed by atoms with Gasteiger partial charge in [-0.25, -0.2) is 9.79 Å². The van der Waals surface area contributed by atoms with Crippen LogP contribution in [0.1, 0.15) is 24.2 Å². The molecule has 0 aliphatic rings. The molecule has 98 valence electrons. The summed E-state index contributed by atoms with van der Waals surface area (Å²) >= 11 is 0. The number of benzene rings is 1. The number of hydrogen-bond donors (Lipinski definition) is 0. The summed E-state index contributed by atoms with van der Waals surface area (Å²) in [6, 6.07) is 5.75. The number of nitrogens with zero attached hydrogens (tertiary/aromatic N) is 1. The van der Waals surface area contributed by atoms with Crippen molar-refractivity contribution in [2.24, 2.45) is 4.99 Å². The predicted molar refractivity (Wildman–Crippen MR) is 61.2 cm³/mol. The number of halogens is 3. The van der Waals surface area contributed by atoms with Crippen LogP contribution in [-0.2, 0) is 4.74 Å². The highest BCUT2D eigenvalue weighted by Gasteiger charge is 2.32. The molecule has 0 saturated carbocycles. The number of hydrogen-bond acceptors (Lipinski definition) is 3. The lowest BCUT2D eigenvalue weighted by atomic mass is 10.2. The van der Waals surface area contributed by atoms with E-state index in [1.165, 1.54) is 24.3 Å². The number of para-hydroxylation sites is 1. The summed E-state index contributed by atoms with van der Waals surface area (Å²) in [6.07, 6.45) is -4.51. The van der Waals surface area contributed by atoms with Gasteiger partial charge in [-0.2, -0.15) is 13.2 Å². The van der Waals surface area contributed by atoms with E-state index in [-0.39, 0.29) is 17.9 Å². The van der Waals surface area contributed by atoms with E-state index in [1.807, 2.05) is 0 Å². The van der Waals surface area contributed by atoms with Crippen molar-refractivity contribution >= 4 is 17.4 Å². The van der Waals surface area contributed by atoms with Gasteiger partial charge in [-0.3, -0.25) is 0 Å². The summed E-state index contributed by atoms with van der Waals surface area (Å²) < 4.78 is 41.9. The number of carbonyl (C=O) groups excluding carboxylic acids is 1. The fraction of sp³-hybridized carbons (Fsp3) is 0.333. The molecule has 0 aromatic heterocycles. The van der Waals surface area contributed by atoms with Crippen molar-refractivity contribution in [2.45, 2.75) is 20.0 Å². The molecule has 0 aliphatic heterocycles. The van der Waals surface area contributed by atoms with Gasteiger partial charge in [-0.1, -0.05) is 12.1 Å². The Hall–Kier alpha value is -1.85. The SMILES string of the molecule is CCOC(=O)c1ccccc1N=C(C)C(F)(F)F. The Morgan fingerprint density at radius 3 is 2.50 bits per heavy atom. The number of carbonyl (C=O) groups is 1. The van der Waals surface area contributed by atoms with Crippen LogP contribution in [0.15, 0.2) is 29.3 Å². The summed E-state index contributed by atoms with van der Waals surface area (Å²) in [6.45, 7) is 2.61. The van der Waals surface area contributed by atoms with E-state index >= 15 is 0 Å². The molecule has 3 nitrogen and oxygen atoms in total. The maximum absolute atomic E-state index is 12.4. The van der Waals surface area contributed by atoms with E-state index in [1.54, 1.807) is 6.92 Å². The first kappa shape index (κ1) is 14.2. The van der Waals surface area contributed by atoms with Crippen LogP contribution in [0.4, 0.5) is 18.9 Å². The van der Waals surface area contributed by atoms with Crippen LogP contribution >= 0.6 is 0 Å². The van der Waals surface area contributed by atoms with Crippen molar-refractivity contribution in [1.29, 1.82) is 0 Å². The minimum Gasteiger partial charge on any atom is -0.462 e. The zero-order valence-corrected chi connectivity index (χ0v) is 9.91. The average Bonchev–Trinajstić information content (AvgIpc) is 2.28. The van der Waals surface area contributed by atoms with Crippen molar-refractivity contribution in [3.05, 3.63) is 29.8 Å². The Balaban J connectivity index is 3.14. The van der Waals surface area contributed by atoms with E-state index in [4.69, 9.17) is 4.74 Å². The van der Waals surface area contributed by atoms with Gasteiger partial charge in [-0.05, 0) is 26.0 Å². The second-order valence-corrected chi connectivity index (χ2v) is 3.43. The van der Waals surface area contributed by atoms with E-state index in [0.717, 1.165) is 6.92 Å². The summed E-state index contributed by atoms with van der Waals surface area (Å²) in [5.41, 5.74) is -1.05. The smallest absolute Gasteiger partial charge is 0.429 e. The highest BCUT2D eigenvalue weighted by molar-refractivity contribution is 5.97. The second-order valence-electron chi connectivity index (χ2n) is 3.43. The Morgan fingerprint density at radius 1 is 1.33 bits per heavy atom. The van der Waals surface area contributed by atoms with E-state index in [2.05, 4.69) is 4.99 Å². The standard InChI is InChI=1S/C12H12F3NO2/c1-3-18-11(17)9-6-4-5-7-10(9)16-8(2)12(13,14)15/h4-7H,3H2,1-2H3. The third kappa shape index (κ3) is 3.58. The normalized spacial score (nSPS) is 12.4. The molecule has 1 aromatic rings. The Kier molecular flexibility index (Phi) is 4.47. The summed E-state index contributed by atoms with van der Waals surface area (Å²) in [4.78, 5) is 14.9. The lowest BCUT2D eigenvalue weighted by Crippen LogP contribution is -2.19. The number of aliphatic imine (C=N–C) groups is 1. The minimum absolute atomic E-state index is 0.0166. The first-order valence-corrected chi connectivity index (χ1v) is 5.25. The number of ether oxygens (including phenoxy) is 1. The lowest BCUT2D eigenvalue weighted by molar-refractivity contribution is -0.0591. The van der Waals surface area contributed by atoms with Crippen molar-refractivity contribution in [3.63, 3.8) is 0 Å². The van der Waals surface area contributed by atoms with Crippen LogP contribution in [0.25, 0.3) is 0 Å². The van der Waals surface area contributed by atoms with Crippen molar-refractivity contribution in [3.8, 4) is 0 Å². The van der Waals surface area contributed by atoms with Gasteiger partial charge >= 0.3 is 12.1 Å². The average molecular weight is 259 g/mol. The molecular weight excluding hydrogens is 247 g/mol. The summed E-state index contributed by atoms with van der Waals surface area (Å²) in [5, 5.41) is 0. The van der Waals surface area contributed by atoms with Gasteiger partial charge in [0.2, 0.25) is 0 Å². The molecule has 0 radical (unpaired) electrons. The predicted octanol–water partition coefficient (Wildman–Crippen LogP) is 3.52. The molecule has 0 aliphatic carbocycles. The molecule has 6 heteroatoms. The topological polar surface area (TPSA) is 38.7 Å². The van der Waals surface area contributed by atoms with Gasteiger partial charge in [0.15, 0.2) is 0 Å². The molecule has 0 amide bonds. The molecular formula is C12H12F3NO2. The number of esters is 1. The van der Waals surface area contributed by atoms with Crippen LogP contribution in [0.3, 0.4) is 0 Å². The van der Waals surface area contributed by atoms with Crippen molar-refractivity contribution < 1.29 is 22.7 Å². The molecule has 0 atom stereocenters. The zero-order valence-electron chi connectivity index (χ0n) is 9.91. The van der Waals surface area contributed by atoms with Gasteiger partial charge in [0, 0.05) is 0 Å². The molecule has 0 unspecified atom stereocenters. The molecule has 0 spiro atoms. The fourth-order valence-corrected chi connectivity index (χ4v) is 1.20. The molecule has 0 heterocycles. The van der Waals surface area contributed by atoms with Gasteiger partial charge in [0.05, 0.1) is 17.9 Å². The van der Waals surface area contributed by atoms with Crippen LogP contribution in [0.2, 0.25) is 0 Å². The number of alkyl halides is 3. The molecule has 0 fully saturated rings. The molecule has 1 aromatic carbocycles. The molecule has 0 bridgehead atoms. The maximum Gasteiger partial charge on any atom is 0.429 e. The van der Waals surface area contributed by atoms with Crippen molar-refractivity contribution in [1.82, 2.24) is 0 Å². The first-order chi connectivity index (χ1) is 8.36. The highest BCUT2D eigenvalue weighted by Crippen LogP contribution is 2.24. The second kappa shape index (κ2) is 5.66. The number of rotatable bonds is 3. The monoisotopic (exact) mass is 259 g/mol. The molecule has 18 heavy (non-hydrogen) atoms. The molecule has 1 rings (SSSR count). The summed E-state index contributed by atoms with van der Waals surface area (Å²) in [5.74, 6) is -0.688. The van der Waals surface area contributed by atoms with Gasteiger partial charge in [0.25, 0.3) is 0 Å². The third-order valence-corrected chi connectivity index (χ3v) is 2.10.